The fourth-order valence-corrected chi connectivity index (χ4v) is 2.50. The predicted octanol–water partition coefficient (Wildman–Crippen LogP) is 3.52. The van der Waals surface area contributed by atoms with Crippen molar-refractivity contribution in [3.8, 4) is 0 Å². The van der Waals surface area contributed by atoms with Crippen LogP contribution in [0.25, 0.3) is 0 Å². The summed E-state index contributed by atoms with van der Waals surface area (Å²) in [6.07, 6.45) is 1.88. The minimum atomic E-state index is -3.53. The SMILES string of the molecule is CCOP(=O)(OCC)O/N=C(\SC)C(C)C. The smallest absolute Gasteiger partial charge is 0.291 e. The van der Waals surface area contributed by atoms with Crippen LogP contribution < -0.4 is 0 Å². The van der Waals surface area contributed by atoms with Gasteiger partial charge in [-0.2, -0.15) is 0 Å². The van der Waals surface area contributed by atoms with Crippen LogP contribution in [0.15, 0.2) is 5.16 Å². The molecule has 0 saturated carbocycles. The van der Waals surface area contributed by atoms with Crippen LogP contribution in [0.4, 0.5) is 0 Å². The number of rotatable bonds is 7. The van der Waals surface area contributed by atoms with Gasteiger partial charge >= 0.3 is 7.82 Å². The van der Waals surface area contributed by atoms with Crippen molar-refractivity contribution in [3.05, 3.63) is 0 Å². The normalized spacial score (nSPS) is 13.2. The summed E-state index contributed by atoms with van der Waals surface area (Å²) < 4.78 is 26.7. The van der Waals surface area contributed by atoms with Gasteiger partial charge in [0.2, 0.25) is 0 Å². The zero-order valence-electron chi connectivity index (χ0n) is 10.4. The van der Waals surface area contributed by atoms with E-state index >= 15 is 0 Å². The lowest BCUT2D eigenvalue weighted by molar-refractivity contribution is 0.125. The van der Waals surface area contributed by atoms with Crippen LogP contribution in [0.5, 0.6) is 0 Å². The molecule has 0 aromatic rings. The summed E-state index contributed by atoms with van der Waals surface area (Å²) >= 11 is 1.45. The van der Waals surface area contributed by atoms with Gasteiger partial charge in [0.25, 0.3) is 0 Å². The summed E-state index contributed by atoms with van der Waals surface area (Å²) in [5.41, 5.74) is 0. The van der Waals surface area contributed by atoms with Crippen molar-refractivity contribution < 1.29 is 18.2 Å². The summed E-state index contributed by atoms with van der Waals surface area (Å²) in [6, 6.07) is 0. The van der Waals surface area contributed by atoms with Crippen molar-refractivity contribution in [1.29, 1.82) is 0 Å². The minimum Gasteiger partial charge on any atom is -0.291 e. The summed E-state index contributed by atoms with van der Waals surface area (Å²) in [4.78, 5) is 0. The summed E-state index contributed by atoms with van der Waals surface area (Å²) in [7, 11) is -3.53. The van der Waals surface area contributed by atoms with Gasteiger partial charge in [-0.05, 0) is 20.1 Å². The van der Waals surface area contributed by atoms with Crippen molar-refractivity contribution in [1.82, 2.24) is 0 Å². The van der Waals surface area contributed by atoms with Crippen LogP contribution in [-0.4, -0.2) is 24.5 Å². The zero-order chi connectivity index (χ0) is 12.6. The molecule has 96 valence electrons. The van der Waals surface area contributed by atoms with Gasteiger partial charge in [0.1, 0.15) is 5.04 Å². The minimum absolute atomic E-state index is 0.215. The van der Waals surface area contributed by atoms with Gasteiger partial charge in [0.15, 0.2) is 0 Å². The Morgan fingerprint density at radius 2 is 1.81 bits per heavy atom. The quantitative estimate of drug-likeness (QED) is 0.306. The number of hydrogen-bond donors (Lipinski definition) is 0. The topological polar surface area (TPSA) is 57.1 Å². The summed E-state index contributed by atoms with van der Waals surface area (Å²) in [5, 5.41) is 4.57. The molecule has 7 heteroatoms. The monoisotopic (exact) mass is 269 g/mol. The standard InChI is InChI=1S/C9H20NO4PS/c1-6-12-15(11,13-7-2)14-10-9(16-5)8(3)4/h8H,6-7H2,1-5H3/b10-9-. The lowest BCUT2D eigenvalue weighted by Crippen LogP contribution is -2.04. The number of hydrogen-bond acceptors (Lipinski definition) is 6. The van der Waals surface area contributed by atoms with Crippen LogP contribution in [0.1, 0.15) is 27.7 Å². The number of thioether (sulfide) groups is 1. The Morgan fingerprint density at radius 1 is 1.31 bits per heavy atom. The van der Waals surface area contributed by atoms with E-state index in [2.05, 4.69) is 5.16 Å². The lowest BCUT2D eigenvalue weighted by atomic mass is 10.2. The maximum absolute atomic E-state index is 11.9. The molecule has 0 unspecified atom stereocenters. The van der Waals surface area contributed by atoms with Crippen LogP contribution in [0.2, 0.25) is 0 Å². The molecule has 5 nitrogen and oxygen atoms in total. The first kappa shape index (κ1) is 16.0. The molecule has 0 atom stereocenters. The maximum Gasteiger partial charge on any atom is 0.550 e. The summed E-state index contributed by atoms with van der Waals surface area (Å²) in [5.74, 6) is 0.215. The molecular formula is C9H20NO4PS. The zero-order valence-corrected chi connectivity index (χ0v) is 12.1. The number of oxime groups is 1. The van der Waals surface area contributed by atoms with E-state index < -0.39 is 7.82 Å². The van der Waals surface area contributed by atoms with E-state index in [0.29, 0.717) is 0 Å². The van der Waals surface area contributed by atoms with E-state index in [4.69, 9.17) is 13.7 Å². The Morgan fingerprint density at radius 3 is 2.12 bits per heavy atom. The molecule has 0 heterocycles. The summed E-state index contributed by atoms with van der Waals surface area (Å²) in [6.45, 7) is 7.90. The molecule has 0 aliphatic heterocycles. The van der Waals surface area contributed by atoms with Gasteiger partial charge in [-0.15, -0.1) is 11.8 Å². The van der Waals surface area contributed by atoms with Crippen molar-refractivity contribution in [3.63, 3.8) is 0 Å². The number of phosphoric acid groups is 1. The van der Waals surface area contributed by atoms with E-state index in [1.165, 1.54) is 11.8 Å². The second-order valence-electron chi connectivity index (χ2n) is 3.15. The predicted molar refractivity (Wildman–Crippen MR) is 67.7 cm³/mol. The van der Waals surface area contributed by atoms with Crippen LogP contribution in [-0.2, 0) is 18.2 Å². The first-order chi connectivity index (χ1) is 7.49. The molecule has 0 N–H and O–H groups in total. The fraction of sp³-hybridized carbons (Fsp3) is 0.889. The second kappa shape index (κ2) is 8.12. The maximum atomic E-state index is 11.9. The van der Waals surface area contributed by atoms with Crippen LogP contribution in [0.3, 0.4) is 0 Å². The fourth-order valence-electron chi connectivity index (χ4n) is 0.869. The van der Waals surface area contributed by atoms with E-state index in [-0.39, 0.29) is 19.1 Å². The molecule has 0 bridgehead atoms. The molecule has 0 spiro atoms. The van der Waals surface area contributed by atoms with Crippen molar-refractivity contribution in [2.75, 3.05) is 19.5 Å². The van der Waals surface area contributed by atoms with Gasteiger partial charge in [-0.1, -0.05) is 19.0 Å². The van der Waals surface area contributed by atoms with Crippen LogP contribution >= 0.6 is 19.6 Å². The van der Waals surface area contributed by atoms with E-state index in [0.717, 1.165) is 5.04 Å². The van der Waals surface area contributed by atoms with Crippen LogP contribution in [0, 0.1) is 5.92 Å². The highest BCUT2D eigenvalue weighted by Crippen LogP contribution is 2.49. The first-order valence-electron chi connectivity index (χ1n) is 5.18. The molecule has 0 aromatic carbocycles. The molecular weight excluding hydrogens is 249 g/mol. The first-order valence-corrected chi connectivity index (χ1v) is 7.87. The molecule has 0 rings (SSSR count). The average Bonchev–Trinajstić information content (AvgIpc) is 2.18. The Bertz CT molecular complexity index is 260. The molecule has 0 fully saturated rings. The highest BCUT2D eigenvalue weighted by atomic mass is 32.2. The molecule has 0 aromatic heterocycles. The van der Waals surface area contributed by atoms with Gasteiger partial charge in [-0.25, -0.2) is 4.57 Å². The third kappa shape index (κ3) is 5.89. The van der Waals surface area contributed by atoms with E-state index in [1.54, 1.807) is 13.8 Å². The van der Waals surface area contributed by atoms with E-state index in [1.807, 2.05) is 20.1 Å². The molecule has 0 aliphatic carbocycles. The highest BCUT2D eigenvalue weighted by Gasteiger charge is 2.27. The van der Waals surface area contributed by atoms with Crippen molar-refractivity contribution in [2.24, 2.45) is 11.1 Å². The second-order valence-corrected chi connectivity index (χ2v) is 5.55. The van der Waals surface area contributed by atoms with Gasteiger partial charge < -0.3 is 0 Å². The average molecular weight is 269 g/mol. The van der Waals surface area contributed by atoms with Gasteiger partial charge in [0, 0.05) is 5.92 Å². The van der Waals surface area contributed by atoms with Crippen molar-refractivity contribution >= 4 is 24.6 Å². The molecule has 16 heavy (non-hydrogen) atoms. The number of nitrogens with zero attached hydrogens (tertiary/aromatic N) is 1. The van der Waals surface area contributed by atoms with Crippen molar-refractivity contribution in [2.45, 2.75) is 27.7 Å². The third-order valence-electron chi connectivity index (χ3n) is 1.51. The van der Waals surface area contributed by atoms with Gasteiger partial charge in [-0.3, -0.25) is 13.7 Å². The third-order valence-corrected chi connectivity index (χ3v) is 3.90. The largest absolute Gasteiger partial charge is 0.550 e. The Labute approximate surface area is 102 Å². The van der Waals surface area contributed by atoms with E-state index in [9.17, 15) is 4.57 Å². The molecule has 0 amide bonds. The Kier molecular flexibility index (Phi) is 8.10. The van der Waals surface area contributed by atoms with Gasteiger partial charge in [0.05, 0.1) is 13.2 Å². The Hall–Kier alpha value is -0.0300. The Balaban J connectivity index is 4.57. The molecule has 0 aliphatic rings. The molecule has 0 saturated heterocycles. The molecule has 0 radical (unpaired) electrons. The highest BCUT2D eigenvalue weighted by molar-refractivity contribution is 8.13. The lowest BCUT2D eigenvalue weighted by Gasteiger charge is -2.14. The number of phosphoric ester groups is 1.